The zero-order valence-electron chi connectivity index (χ0n) is 17.4. The molecule has 151 valence electrons. The van der Waals surface area contributed by atoms with E-state index in [2.05, 4.69) is 26.1 Å². The van der Waals surface area contributed by atoms with Gasteiger partial charge in [0.1, 0.15) is 0 Å². The first-order valence-electron chi connectivity index (χ1n) is 9.64. The van der Waals surface area contributed by atoms with Crippen LogP contribution < -0.4 is 20.1 Å². The van der Waals surface area contributed by atoms with Crippen LogP contribution in [0.25, 0.3) is 0 Å². The predicted octanol–water partition coefficient (Wildman–Crippen LogP) is 1.63. The van der Waals surface area contributed by atoms with E-state index >= 15 is 0 Å². The maximum Gasteiger partial charge on any atom is 0.333 e. The van der Waals surface area contributed by atoms with Crippen LogP contribution in [-0.2, 0) is 35.9 Å². The van der Waals surface area contributed by atoms with Crippen molar-refractivity contribution in [3.63, 3.8) is 0 Å². The number of carbonyl (C=O) groups excluding carboxylic acids is 1. The summed E-state index contributed by atoms with van der Waals surface area (Å²) in [7, 11) is -3.90. The second-order valence-electron chi connectivity index (χ2n) is 8.36. The minimum atomic E-state index is -3.90. The van der Waals surface area contributed by atoms with E-state index in [1.54, 1.807) is 0 Å². The van der Waals surface area contributed by atoms with E-state index in [4.69, 9.17) is 0 Å². The van der Waals surface area contributed by atoms with Crippen LogP contribution in [0, 0.1) is 0 Å². The number of hydrogen-bond acceptors (Lipinski definition) is 4. The van der Waals surface area contributed by atoms with Crippen LogP contribution in [0.2, 0.25) is 0 Å². The molecule has 0 bridgehead atoms. The van der Waals surface area contributed by atoms with Crippen molar-refractivity contribution < 1.29 is 13.2 Å². The number of anilines is 1. The van der Waals surface area contributed by atoms with Crippen molar-refractivity contribution in [1.82, 2.24) is 14.8 Å². The normalized spacial score (nSPS) is 15.5. The summed E-state index contributed by atoms with van der Waals surface area (Å²) >= 11 is 0. The third-order valence-electron chi connectivity index (χ3n) is 5.01. The summed E-state index contributed by atoms with van der Waals surface area (Å²) < 4.78 is 28.7. The molecule has 0 saturated carbocycles. The molecule has 0 fully saturated rings. The maximum atomic E-state index is 12.4. The van der Waals surface area contributed by atoms with E-state index in [-0.39, 0.29) is 63.5 Å². The molecular formula is C19H30KN4O3S. The molecule has 0 spiro atoms. The van der Waals surface area contributed by atoms with E-state index < -0.39 is 16.2 Å². The number of carbonyl (C=O) groups is 1. The number of urea groups is 1. The Kier molecular flexibility index (Phi) is 8.55. The molecule has 1 radical (unpaired) electrons. The molecule has 1 aromatic rings. The van der Waals surface area contributed by atoms with Gasteiger partial charge in [0.05, 0.1) is 0 Å². The average Bonchev–Trinajstić information content (AvgIpc) is 3.18. The second-order valence-corrected chi connectivity index (χ2v) is 9.86. The number of rotatable bonds is 6. The van der Waals surface area contributed by atoms with E-state index in [1.165, 1.54) is 22.3 Å². The summed E-state index contributed by atoms with van der Waals surface area (Å²) in [4.78, 5) is 12.4. The molecule has 2 aliphatic carbocycles. The van der Waals surface area contributed by atoms with Crippen molar-refractivity contribution in [1.29, 1.82) is 0 Å². The van der Waals surface area contributed by atoms with Gasteiger partial charge >= 0.3 is 16.2 Å². The predicted molar refractivity (Wildman–Crippen MR) is 113 cm³/mol. The summed E-state index contributed by atoms with van der Waals surface area (Å²) in [6.07, 6.45) is 6.08. The van der Waals surface area contributed by atoms with Crippen LogP contribution in [0.3, 0.4) is 0 Å². The quantitative estimate of drug-likeness (QED) is 0.405. The molecule has 28 heavy (non-hydrogen) atoms. The van der Waals surface area contributed by atoms with Gasteiger partial charge in [0.2, 0.25) is 0 Å². The molecule has 0 heterocycles. The monoisotopic (exact) mass is 433 g/mol. The molecule has 3 rings (SSSR count). The van der Waals surface area contributed by atoms with Gasteiger partial charge in [-0.05, 0) is 81.5 Å². The van der Waals surface area contributed by atoms with Crippen molar-refractivity contribution in [2.45, 2.75) is 64.8 Å². The first-order chi connectivity index (χ1) is 12.6. The van der Waals surface area contributed by atoms with Gasteiger partial charge in [0.25, 0.3) is 0 Å². The van der Waals surface area contributed by atoms with Crippen LogP contribution in [0.15, 0.2) is 6.07 Å². The largest absolute Gasteiger partial charge is 0.333 e. The summed E-state index contributed by atoms with van der Waals surface area (Å²) in [5.74, 6) is 0. The molecule has 0 aliphatic heterocycles. The Balaban J connectivity index is 0.00000280. The van der Waals surface area contributed by atoms with Crippen molar-refractivity contribution in [2.24, 2.45) is 0 Å². The standard InChI is InChI=1S/C19H30N4O3S.K/c1-19(2,3)20-10-11-21-27(25,26)23-18(24)22-17-15-8-4-6-13(15)12-14-7-5-9-16(14)17;/h12,20-21H,4-11H2,1-3H3,(H2,22,23,24);. The molecule has 4 N–H and O–H groups in total. The minimum Gasteiger partial charge on any atom is -0.311 e. The van der Waals surface area contributed by atoms with Gasteiger partial charge < -0.3 is 10.6 Å². The Morgan fingerprint density at radius 3 is 2.11 bits per heavy atom. The zero-order valence-corrected chi connectivity index (χ0v) is 21.3. The van der Waals surface area contributed by atoms with Gasteiger partial charge in [-0.15, -0.1) is 0 Å². The smallest absolute Gasteiger partial charge is 0.311 e. The van der Waals surface area contributed by atoms with Crippen molar-refractivity contribution >= 4 is 73.3 Å². The van der Waals surface area contributed by atoms with Crippen LogP contribution in [-0.4, -0.2) is 84.5 Å². The minimum absolute atomic E-state index is 0. The van der Waals surface area contributed by atoms with Gasteiger partial charge in [-0.1, -0.05) is 6.07 Å². The second kappa shape index (κ2) is 9.87. The number of aryl methyl sites for hydroxylation is 2. The van der Waals surface area contributed by atoms with E-state index in [1.807, 2.05) is 20.8 Å². The molecule has 0 atom stereocenters. The fraction of sp³-hybridized carbons (Fsp3) is 0.632. The van der Waals surface area contributed by atoms with Crippen LogP contribution >= 0.6 is 0 Å². The topological polar surface area (TPSA) is 99.3 Å². The molecule has 1 aromatic carbocycles. The summed E-state index contributed by atoms with van der Waals surface area (Å²) in [6.45, 7) is 6.69. The Morgan fingerprint density at radius 1 is 1.00 bits per heavy atom. The van der Waals surface area contributed by atoms with E-state index in [9.17, 15) is 13.2 Å². The Morgan fingerprint density at radius 2 is 1.57 bits per heavy atom. The van der Waals surface area contributed by atoms with Gasteiger partial charge in [-0.3, -0.25) is 0 Å². The SMILES string of the molecule is CC(C)(C)NCCNS(=O)(=O)NC(=O)Nc1c2c(cc3c1CCC3)CCC2.[K]. The van der Waals surface area contributed by atoms with Crippen molar-refractivity contribution in [3.8, 4) is 0 Å². The van der Waals surface area contributed by atoms with Crippen LogP contribution in [0.1, 0.15) is 55.9 Å². The summed E-state index contributed by atoms with van der Waals surface area (Å²) in [5.41, 5.74) is 5.67. The molecule has 7 nitrogen and oxygen atoms in total. The third kappa shape index (κ3) is 6.50. The first-order valence-corrected chi connectivity index (χ1v) is 11.1. The maximum absolute atomic E-state index is 12.4. The Bertz CT molecular complexity index is 802. The summed E-state index contributed by atoms with van der Waals surface area (Å²) in [6, 6.07) is 1.56. The molecular weight excluding hydrogens is 403 g/mol. The van der Waals surface area contributed by atoms with Gasteiger partial charge in [-0.25, -0.2) is 9.52 Å². The van der Waals surface area contributed by atoms with E-state index in [0.29, 0.717) is 6.54 Å². The Hall–Kier alpha value is -0.00364. The van der Waals surface area contributed by atoms with Crippen LogP contribution in [0.5, 0.6) is 0 Å². The van der Waals surface area contributed by atoms with Gasteiger partial charge in [0.15, 0.2) is 0 Å². The van der Waals surface area contributed by atoms with E-state index in [0.717, 1.165) is 44.2 Å². The fourth-order valence-corrected chi connectivity index (χ4v) is 4.63. The number of nitrogens with one attached hydrogen (secondary N) is 4. The third-order valence-corrected chi connectivity index (χ3v) is 6.05. The molecule has 2 amide bonds. The fourth-order valence-electron chi connectivity index (χ4n) is 3.89. The number of hydrogen-bond donors (Lipinski definition) is 4. The number of fused-ring (bicyclic) bond motifs is 2. The summed E-state index contributed by atoms with van der Waals surface area (Å²) in [5, 5.41) is 6.02. The number of benzene rings is 1. The van der Waals surface area contributed by atoms with Crippen LogP contribution in [0.4, 0.5) is 10.5 Å². The van der Waals surface area contributed by atoms with Gasteiger partial charge in [-0.2, -0.15) is 13.1 Å². The average molecular weight is 434 g/mol. The molecule has 0 unspecified atom stereocenters. The van der Waals surface area contributed by atoms with Gasteiger partial charge in [0, 0.05) is 75.7 Å². The Labute approximate surface area is 210 Å². The van der Waals surface area contributed by atoms with Crippen molar-refractivity contribution in [3.05, 3.63) is 28.3 Å². The molecule has 0 saturated heterocycles. The number of amides is 2. The molecule has 0 aromatic heterocycles. The first kappa shape index (κ1) is 24.3. The zero-order chi connectivity index (χ0) is 19.7. The molecule has 2 aliphatic rings. The molecule has 9 heteroatoms. The van der Waals surface area contributed by atoms with Crippen molar-refractivity contribution in [2.75, 3.05) is 18.4 Å².